The summed E-state index contributed by atoms with van der Waals surface area (Å²) in [5.74, 6) is 0.466. The lowest BCUT2D eigenvalue weighted by Gasteiger charge is -2.10. The number of halogens is 1. The minimum atomic E-state index is -0.536. The number of nitrogens with zero attached hydrogens (tertiary/aromatic N) is 1. The van der Waals surface area contributed by atoms with E-state index < -0.39 is 5.91 Å². The van der Waals surface area contributed by atoms with Crippen molar-refractivity contribution in [3.63, 3.8) is 0 Å². The third-order valence-corrected chi connectivity index (χ3v) is 5.21. The lowest BCUT2D eigenvalue weighted by atomic mass is 10.1. The fourth-order valence-corrected chi connectivity index (χ4v) is 3.46. The fourth-order valence-electron chi connectivity index (χ4n) is 2.83. The zero-order chi connectivity index (χ0) is 22.9. The molecule has 3 rings (SSSR count). The standard InChI is InChI=1S/C25H21IN2O4/c1-2-31-23-14-18(13-22(26)24(23)29)12-19(15-27)25(30)28-20-8-10-21(11-9-20)32-16-17-6-4-3-5-7-17/h3-14,29H,2,16H2,1H3,(H,28,30)/b19-12+. The van der Waals surface area contributed by atoms with Crippen molar-refractivity contribution in [1.82, 2.24) is 0 Å². The second-order valence-electron chi connectivity index (χ2n) is 6.71. The van der Waals surface area contributed by atoms with E-state index >= 15 is 0 Å². The van der Waals surface area contributed by atoms with Crippen molar-refractivity contribution in [1.29, 1.82) is 5.26 Å². The number of anilines is 1. The number of carbonyl (C=O) groups is 1. The van der Waals surface area contributed by atoms with Crippen LogP contribution in [-0.4, -0.2) is 17.6 Å². The van der Waals surface area contributed by atoms with Gasteiger partial charge in [0.15, 0.2) is 11.5 Å². The summed E-state index contributed by atoms with van der Waals surface area (Å²) in [6.45, 7) is 2.64. The fraction of sp³-hybridized carbons (Fsp3) is 0.120. The molecule has 3 aromatic rings. The van der Waals surface area contributed by atoms with Crippen LogP contribution >= 0.6 is 22.6 Å². The number of aromatic hydroxyl groups is 1. The van der Waals surface area contributed by atoms with Gasteiger partial charge in [-0.2, -0.15) is 5.26 Å². The zero-order valence-corrected chi connectivity index (χ0v) is 19.5. The number of nitriles is 1. The van der Waals surface area contributed by atoms with Gasteiger partial charge in [-0.05, 0) is 83.1 Å². The van der Waals surface area contributed by atoms with E-state index in [4.69, 9.17) is 9.47 Å². The number of phenolic OH excluding ortho intramolecular Hbond substituents is 1. The Morgan fingerprint density at radius 2 is 1.84 bits per heavy atom. The summed E-state index contributed by atoms with van der Waals surface area (Å²) in [4.78, 5) is 12.6. The maximum atomic E-state index is 12.6. The van der Waals surface area contributed by atoms with Gasteiger partial charge in [-0.25, -0.2) is 0 Å². The summed E-state index contributed by atoms with van der Waals surface area (Å²) in [6.07, 6.45) is 1.46. The molecule has 0 saturated carbocycles. The van der Waals surface area contributed by atoms with Crippen LogP contribution in [0.25, 0.3) is 6.08 Å². The predicted octanol–water partition coefficient (Wildman–Crippen LogP) is 5.52. The Kier molecular flexibility index (Phi) is 8.11. The van der Waals surface area contributed by atoms with Crippen molar-refractivity contribution in [3.8, 4) is 23.3 Å². The van der Waals surface area contributed by atoms with Gasteiger partial charge in [0.2, 0.25) is 0 Å². The minimum absolute atomic E-state index is 0.0298. The number of ether oxygens (including phenoxy) is 2. The van der Waals surface area contributed by atoms with Crippen LogP contribution in [0.3, 0.4) is 0 Å². The molecular weight excluding hydrogens is 519 g/mol. The largest absolute Gasteiger partial charge is 0.504 e. The molecule has 32 heavy (non-hydrogen) atoms. The molecule has 0 unspecified atom stereocenters. The van der Waals surface area contributed by atoms with E-state index in [1.54, 1.807) is 43.3 Å². The highest BCUT2D eigenvalue weighted by Gasteiger charge is 2.13. The molecular formula is C25H21IN2O4. The maximum absolute atomic E-state index is 12.6. The van der Waals surface area contributed by atoms with Gasteiger partial charge < -0.3 is 19.9 Å². The highest BCUT2D eigenvalue weighted by molar-refractivity contribution is 14.1. The van der Waals surface area contributed by atoms with Crippen LogP contribution in [0.4, 0.5) is 5.69 Å². The Hall–Kier alpha value is -3.51. The average Bonchev–Trinajstić information content (AvgIpc) is 2.81. The van der Waals surface area contributed by atoms with Crippen LogP contribution in [0.5, 0.6) is 17.2 Å². The van der Waals surface area contributed by atoms with Gasteiger partial charge in [0, 0.05) is 5.69 Å². The number of nitrogens with one attached hydrogen (secondary N) is 1. The lowest BCUT2D eigenvalue weighted by Crippen LogP contribution is -2.13. The maximum Gasteiger partial charge on any atom is 0.266 e. The molecule has 0 bridgehead atoms. The van der Waals surface area contributed by atoms with Gasteiger partial charge >= 0.3 is 0 Å². The summed E-state index contributed by atoms with van der Waals surface area (Å²) in [6, 6.07) is 21.9. The summed E-state index contributed by atoms with van der Waals surface area (Å²) in [7, 11) is 0. The first-order valence-electron chi connectivity index (χ1n) is 9.85. The molecule has 0 aromatic heterocycles. The molecule has 2 N–H and O–H groups in total. The van der Waals surface area contributed by atoms with Crippen molar-refractivity contribution >= 4 is 40.3 Å². The quantitative estimate of drug-likeness (QED) is 0.223. The molecule has 0 aliphatic rings. The highest BCUT2D eigenvalue weighted by Crippen LogP contribution is 2.33. The monoisotopic (exact) mass is 540 g/mol. The van der Waals surface area contributed by atoms with Gasteiger partial charge in [-0.15, -0.1) is 0 Å². The number of rotatable bonds is 8. The molecule has 0 saturated heterocycles. The average molecular weight is 540 g/mol. The topological polar surface area (TPSA) is 91.6 Å². The van der Waals surface area contributed by atoms with E-state index in [1.807, 2.05) is 59.0 Å². The SMILES string of the molecule is CCOc1cc(/C=C(\C#N)C(=O)Nc2ccc(OCc3ccccc3)cc2)cc(I)c1O. The molecule has 0 aliphatic carbocycles. The Morgan fingerprint density at radius 1 is 1.12 bits per heavy atom. The zero-order valence-electron chi connectivity index (χ0n) is 17.3. The van der Waals surface area contributed by atoms with Gasteiger partial charge in [-0.1, -0.05) is 30.3 Å². The Morgan fingerprint density at radius 3 is 2.50 bits per heavy atom. The van der Waals surface area contributed by atoms with Crippen molar-refractivity contribution in [3.05, 3.63) is 87.0 Å². The van der Waals surface area contributed by atoms with Crippen LogP contribution in [0, 0.1) is 14.9 Å². The van der Waals surface area contributed by atoms with Crippen LogP contribution in [0.2, 0.25) is 0 Å². The second kappa shape index (κ2) is 11.2. The third kappa shape index (κ3) is 6.25. The first-order chi connectivity index (χ1) is 15.5. The van der Waals surface area contributed by atoms with E-state index in [9.17, 15) is 15.2 Å². The van der Waals surface area contributed by atoms with Crippen molar-refractivity contribution in [2.75, 3.05) is 11.9 Å². The number of hydrogen-bond acceptors (Lipinski definition) is 5. The summed E-state index contributed by atoms with van der Waals surface area (Å²) < 4.78 is 11.7. The normalized spacial score (nSPS) is 10.8. The first kappa shape index (κ1) is 23.2. The molecule has 0 fully saturated rings. The summed E-state index contributed by atoms with van der Waals surface area (Å²) in [5, 5.41) is 22.3. The molecule has 1 amide bonds. The summed E-state index contributed by atoms with van der Waals surface area (Å²) in [5.41, 5.74) is 2.11. The summed E-state index contributed by atoms with van der Waals surface area (Å²) >= 11 is 1.97. The number of benzene rings is 3. The molecule has 7 heteroatoms. The van der Waals surface area contributed by atoms with Gasteiger partial charge in [0.1, 0.15) is 24.0 Å². The predicted molar refractivity (Wildman–Crippen MR) is 131 cm³/mol. The van der Waals surface area contributed by atoms with E-state index in [2.05, 4.69) is 5.32 Å². The number of amides is 1. The molecule has 162 valence electrons. The Balaban J connectivity index is 1.68. The molecule has 6 nitrogen and oxygen atoms in total. The Labute approximate surface area is 200 Å². The lowest BCUT2D eigenvalue weighted by molar-refractivity contribution is -0.112. The number of carbonyl (C=O) groups excluding carboxylic acids is 1. The smallest absolute Gasteiger partial charge is 0.266 e. The van der Waals surface area contributed by atoms with Gasteiger partial charge in [0.05, 0.1) is 10.2 Å². The molecule has 0 spiro atoms. The van der Waals surface area contributed by atoms with Crippen LogP contribution < -0.4 is 14.8 Å². The second-order valence-corrected chi connectivity index (χ2v) is 7.87. The van der Waals surface area contributed by atoms with Crippen molar-refractivity contribution < 1.29 is 19.4 Å². The van der Waals surface area contributed by atoms with E-state index in [0.717, 1.165) is 5.56 Å². The van der Waals surface area contributed by atoms with Gasteiger partial charge in [0.25, 0.3) is 5.91 Å². The molecule has 0 heterocycles. The molecule has 0 atom stereocenters. The van der Waals surface area contributed by atoms with Crippen LogP contribution in [-0.2, 0) is 11.4 Å². The minimum Gasteiger partial charge on any atom is -0.504 e. The van der Waals surface area contributed by atoms with Crippen LogP contribution in [0.1, 0.15) is 18.1 Å². The van der Waals surface area contributed by atoms with Crippen LogP contribution in [0.15, 0.2) is 72.3 Å². The van der Waals surface area contributed by atoms with E-state index in [0.29, 0.717) is 39.5 Å². The first-order valence-corrected chi connectivity index (χ1v) is 10.9. The van der Waals surface area contributed by atoms with E-state index in [-0.39, 0.29) is 11.3 Å². The van der Waals surface area contributed by atoms with Crippen molar-refractivity contribution in [2.45, 2.75) is 13.5 Å². The van der Waals surface area contributed by atoms with Crippen molar-refractivity contribution in [2.24, 2.45) is 0 Å². The highest BCUT2D eigenvalue weighted by atomic mass is 127. The molecule has 0 radical (unpaired) electrons. The molecule has 0 aliphatic heterocycles. The van der Waals surface area contributed by atoms with Gasteiger partial charge in [-0.3, -0.25) is 4.79 Å². The van der Waals surface area contributed by atoms with E-state index in [1.165, 1.54) is 6.08 Å². The third-order valence-electron chi connectivity index (χ3n) is 4.39. The Bertz CT molecular complexity index is 1150. The number of hydrogen-bond donors (Lipinski definition) is 2. The molecule has 3 aromatic carbocycles. The number of phenols is 1.